The van der Waals surface area contributed by atoms with Gasteiger partial charge in [0.2, 0.25) is 0 Å². The van der Waals surface area contributed by atoms with Crippen LogP contribution in [0, 0.1) is 0 Å². The van der Waals surface area contributed by atoms with Crippen LogP contribution in [0.4, 0.5) is 0 Å². The summed E-state index contributed by atoms with van der Waals surface area (Å²) in [6.45, 7) is 6.60. The molecule has 0 unspecified atom stereocenters. The fraction of sp³-hybridized carbons (Fsp3) is 0.543. The van der Waals surface area contributed by atoms with E-state index in [-0.39, 0.29) is 0 Å². The highest BCUT2D eigenvalue weighted by Gasteiger charge is 2.57. The predicted molar refractivity (Wildman–Crippen MR) is 181 cm³/mol. The van der Waals surface area contributed by atoms with Gasteiger partial charge in [-0.3, -0.25) is 38.5 Å². The molecule has 19 heteroatoms. The lowest BCUT2D eigenvalue weighted by Crippen LogP contribution is -2.66. The third-order valence-corrected chi connectivity index (χ3v) is 8.92. The van der Waals surface area contributed by atoms with Crippen LogP contribution in [0.2, 0.25) is 0 Å². The zero-order valence-electron chi connectivity index (χ0n) is 30.4. The minimum atomic E-state index is -1.78. The second-order valence-corrected chi connectivity index (χ2v) is 13.3. The van der Waals surface area contributed by atoms with Crippen molar-refractivity contribution in [2.45, 2.75) is 114 Å². The molecule has 0 radical (unpaired) electrons. The number of carbonyl (C=O) groups is 7. The monoisotopic (exact) mass is 779 g/mol. The van der Waals surface area contributed by atoms with Crippen LogP contribution in [0.15, 0.2) is 41.4 Å². The molecule has 2 aliphatic rings. The van der Waals surface area contributed by atoms with Gasteiger partial charge in [-0.1, -0.05) is 30.0 Å². The van der Waals surface area contributed by atoms with Crippen molar-refractivity contribution in [2.75, 3.05) is 13.2 Å². The standard InChI is InChI=1S/C35H41NO17S/c1-16(37)44-14-24-28(46-18(3)39)30(47-19(4)40)32(49-21(6)42)34(51-24)53-29-25(15-45-17(2)38)52-35(33(50-22(7)43)31(29)48-20(5)41)54-26-12-8-10-23-11-9-13-36-27(23)26/h8-13,24-25,28-35H,14-15H2,1-7H3/t24-,25-,28+,29-,30+,31+,32-,33-,34+,35+/m1/s1. The summed E-state index contributed by atoms with van der Waals surface area (Å²) in [5.74, 6) is -5.71. The quantitative estimate of drug-likeness (QED) is 0.209. The summed E-state index contributed by atoms with van der Waals surface area (Å²) in [6.07, 6.45) is -12.1. The van der Waals surface area contributed by atoms with E-state index < -0.39 is 116 Å². The fourth-order valence-corrected chi connectivity index (χ4v) is 7.10. The smallest absolute Gasteiger partial charge is 0.303 e. The van der Waals surface area contributed by atoms with Crippen LogP contribution in [-0.2, 0) is 80.9 Å². The van der Waals surface area contributed by atoms with Gasteiger partial charge in [-0.25, -0.2) is 0 Å². The predicted octanol–water partition coefficient (Wildman–Crippen LogP) is 1.95. The molecule has 294 valence electrons. The van der Waals surface area contributed by atoms with Gasteiger partial charge in [-0.15, -0.1) is 0 Å². The fourth-order valence-electron chi connectivity index (χ4n) is 5.86. The van der Waals surface area contributed by atoms with Crippen LogP contribution < -0.4 is 0 Å². The van der Waals surface area contributed by atoms with Crippen molar-refractivity contribution >= 4 is 64.4 Å². The molecule has 1 aromatic heterocycles. The summed E-state index contributed by atoms with van der Waals surface area (Å²) >= 11 is 1.09. The topological polar surface area (TPSA) is 225 Å². The molecular formula is C35H41NO17S. The number of benzene rings is 1. The molecule has 0 amide bonds. The average molecular weight is 780 g/mol. The maximum Gasteiger partial charge on any atom is 0.303 e. The van der Waals surface area contributed by atoms with E-state index in [0.717, 1.165) is 65.6 Å². The number of esters is 7. The van der Waals surface area contributed by atoms with Gasteiger partial charge in [-0.2, -0.15) is 0 Å². The van der Waals surface area contributed by atoms with Gasteiger partial charge in [0.25, 0.3) is 0 Å². The van der Waals surface area contributed by atoms with Gasteiger partial charge < -0.3 is 47.4 Å². The molecule has 0 aliphatic carbocycles. The Labute approximate surface area is 313 Å². The van der Waals surface area contributed by atoms with Crippen LogP contribution >= 0.6 is 11.8 Å². The van der Waals surface area contributed by atoms with E-state index >= 15 is 0 Å². The van der Waals surface area contributed by atoms with Crippen molar-refractivity contribution in [1.82, 2.24) is 4.98 Å². The lowest BCUT2D eigenvalue weighted by atomic mass is 9.96. The molecule has 10 atom stereocenters. The number of rotatable bonds is 13. The van der Waals surface area contributed by atoms with E-state index in [4.69, 9.17) is 47.4 Å². The summed E-state index contributed by atoms with van der Waals surface area (Å²) in [5, 5.41) is 0.792. The van der Waals surface area contributed by atoms with Crippen LogP contribution in [0.1, 0.15) is 48.5 Å². The van der Waals surface area contributed by atoms with Crippen LogP contribution in [-0.4, -0.2) is 121 Å². The first kappa shape index (κ1) is 41.9. The highest BCUT2D eigenvalue weighted by molar-refractivity contribution is 8.00. The third kappa shape index (κ3) is 11.3. The Balaban J connectivity index is 1.84. The Kier molecular flexibility index (Phi) is 14.7. The molecule has 0 saturated carbocycles. The first-order valence-corrected chi connectivity index (χ1v) is 17.5. The SMILES string of the molecule is CC(=O)OC[C@H]1O[C@@H](O[C@H]2[C@H](OC(C)=O)[C@@H](OC(C)=O)[C@H](Sc3cccc4cccnc34)O[C@@H]2COC(C)=O)[C@H](OC(C)=O)[C@@H](OC(C)=O)[C@H]1OC(C)=O. The summed E-state index contributed by atoms with van der Waals surface area (Å²) in [6, 6.07) is 9.00. The molecule has 0 spiro atoms. The van der Waals surface area contributed by atoms with Crippen molar-refractivity contribution in [3.63, 3.8) is 0 Å². The molecule has 2 fully saturated rings. The lowest BCUT2D eigenvalue weighted by Gasteiger charge is -2.48. The third-order valence-electron chi connectivity index (χ3n) is 7.72. The first-order valence-electron chi connectivity index (χ1n) is 16.6. The average Bonchev–Trinajstić information content (AvgIpc) is 3.07. The number of fused-ring (bicyclic) bond motifs is 1. The van der Waals surface area contributed by atoms with E-state index in [1.807, 2.05) is 12.1 Å². The van der Waals surface area contributed by atoms with Gasteiger partial charge >= 0.3 is 41.8 Å². The Morgan fingerprint density at radius 3 is 1.61 bits per heavy atom. The first-order chi connectivity index (χ1) is 25.5. The second kappa shape index (κ2) is 19.0. The highest BCUT2D eigenvalue weighted by Crippen LogP contribution is 2.41. The Morgan fingerprint density at radius 2 is 1.06 bits per heavy atom. The maximum atomic E-state index is 12.7. The van der Waals surface area contributed by atoms with Crippen LogP contribution in [0.3, 0.4) is 0 Å². The molecule has 2 aliphatic heterocycles. The second-order valence-electron chi connectivity index (χ2n) is 12.1. The van der Waals surface area contributed by atoms with Crippen molar-refractivity contribution in [3.05, 3.63) is 36.5 Å². The van der Waals surface area contributed by atoms with E-state index in [2.05, 4.69) is 4.98 Å². The maximum absolute atomic E-state index is 12.7. The minimum Gasteiger partial charge on any atom is -0.463 e. The van der Waals surface area contributed by atoms with Gasteiger partial charge in [0.1, 0.15) is 37.0 Å². The number of para-hydroxylation sites is 1. The molecule has 0 bridgehead atoms. The zero-order chi connectivity index (χ0) is 39.7. The van der Waals surface area contributed by atoms with Crippen molar-refractivity contribution in [1.29, 1.82) is 0 Å². The van der Waals surface area contributed by atoms with Crippen LogP contribution in [0.25, 0.3) is 10.9 Å². The number of aromatic nitrogens is 1. The number of hydrogen-bond acceptors (Lipinski definition) is 19. The van der Waals surface area contributed by atoms with E-state index in [1.54, 1.807) is 24.4 Å². The number of thioether (sulfide) groups is 1. The Bertz CT molecular complexity index is 1710. The van der Waals surface area contributed by atoms with Gasteiger partial charge in [-0.05, 0) is 12.1 Å². The number of pyridine rings is 1. The molecule has 2 saturated heterocycles. The molecular weight excluding hydrogens is 738 g/mol. The summed E-state index contributed by atoms with van der Waals surface area (Å²) < 4.78 is 57.4. The summed E-state index contributed by atoms with van der Waals surface area (Å²) in [7, 11) is 0. The van der Waals surface area contributed by atoms with Crippen molar-refractivity contribution < 1.29 is 80.9 Å². The number of nitrogens with zero attached hydrogens (tertiary/aromatic N) is 1. The van der Waals surface area contributed by atoms with E-state index in [9.17, 15) is 33.6 Å². The van der Waals surface area contributed by atoms with Crippen molar-refractivity contribution in [3.8, 4) is 0 Å². The Hall–Kier alpha value is -4.85. The van der Waals surface area contributed by atoms with E-state index in [0.29, 0.717) is 10.4 Å². The molecule has 4 rings (SSSR count). The normalized spacial score (nSPS) is 27.8. The zero-order valence-corrected chi connectivity index (χ0v) is 31.3. The largest absolute Gasteiger partial charge is 0.463 e. The van der Waals surface area contributed by atoms with Gasteiger partial charge in [0.05, 0.1) is 5.52 Å². The number of hydrogen-bond donors (Lipinski definition) is 0. The van der Waals surface area contributed by atoms with E-state index in [1.165, 1.54) is 0 Å². The summed E-state index contributed by atoms with van der Waals surface area (Å²) in [4.78, 5) is 91.3. The highest BCUT2D eigenvalue weighted by atomic mass is 32.2. The lowest BCUT2D eigenvalue weighted by molar-refractivity contribution is -0.341. The molecule has 0 N–H and O–H groups in total. The van der Waals surface area contributed by atoms with Gasteiger partial charge in [0, 0.05) is 64.9 Å². The molecule has 54 heavy (non-hydrogen) atoms. The Morgan fingerprint density at radius 1 is 0.574 bits per heavy atom. The molecule has 3 heterocycles. The van der Waals surface area contributed by atoms with Crippen LogP contribution in [0.5, 0.6) is 0 Å². The number of carbonyl (C=O) groups excluding carboxylic acids is 7. The minimum absolute atomic E-state index is 0.499. The van der Waals surface area contributed by atoms with Gasteiger partial charge in [0.15, 0.2) is 36.8 Å². The molecule has 1 aromatic carbocycles. The van der Waals surface area contributed by atoms with Crippen molar-refractivity contribution in [2.24, 2.45) is 0 Å². The number of ether oxygens (including phenoxy) is 10. The summed E-state index contributed by atoms with van der Waals surface area (Å²) in [5.41, 5.74) is -0.548. The molecule has 2 aromatic rings. The molecule has 18 nitrogen and oxygen atoms in total.